The lowest BCUT2D eigenvalue weighted by molar-refractivity contribution is -0.153. The fourth-order valence-electron chi connectivity index (χ4n) is 9.56. The van der Waals surface area contributed by atoms with Crippen molar-refractivity contribution in [3.8, 4) is 0 Å². The van der Waals surface area contributed by atoms with E-state index in [-0.39, 0.29) is 17.5 Å². The summed E-state index contributed by atoms with van der Waals surface area (Å²) in [5, 5.41) is 2.63. The van der Waals surface area contributed by atoms with Gasteiger partial charge in [-0.15, -0.1) is 0 Å². The second-order valence-corrected chi connectivity index (χ2v) is 16.0. The van der Waals surface area contributed by atoms with Gasteiger partial charge in [-0.3, -0.25) is 0 Å². The Morgan fingerprint density at radius 2 is 1.73 bits per heavy atom. The van der Waals surface area contributed by atoms with E-state index in [1.54, 1.807) is 6.92 Å². The molecule has 5 nitrogen and oxygen atoms in total. The molecular weight excluding hydrogens is 498 g/mol. The first-order chi connectivity index (χ1) is 18.6. The van der Waals surface area contributed by atoms with Crippen molar-refractivity contribution in [3.63, 3.8) is 0 Å². The Morgan fingerprint density at radius 3 is 2.40 bits per heavy atom. The monoisotopic (exact) mass is 557 g/mol. The number of amides is 1. The number of carbonyl (C=O) groups excluding carboxylic acids is 2. The summed E-state index contributed by atoms with van der Waals surface area (Å²) in [7, 11) is 0. The van der Waals surface area contributed by atoms with Crippen molar-refractivity contribution >= 4 is 12.1 Å². The number of rotatable bonds is 8. The molecule has 0 aromatic carbocycles. The second-order valence-electron chi connectivity index (χ2n) is 16.0. The minimum Gasteiger partial charge on any atom is -0.461 e. The number of esters is 1. The molecule has 9 atom stereocenters. The van der Waals surface area contributed by atoms with E-state index in [0.717, 1.165) is 54.8 Å². The number of alkyl carbamates (subject to hydrolysis) is 1. The SMILES string of the molecule is CC(C)CCC[C@@H](C)[C@H]1CCC2C3CC=C4CC(OC(=O)[C@H](C)NC(=O)OC(C)(C)C)CC[C@]4(C)C3CC[C@@]21C. The molecule has 1 amide bonds. The maximum atomic E-state index is 12.8. The van der Waals surface area contributed by atoms with Crippen molar-refractivity contribution in [3.05, 3.63) is 11.6 Å². The molecule has 4 aliphatic carbocycles. The highest BCUT2D eigenvalue weighted by molar-refractivity contribution is 5.81. The van der Waals surface area contributed by atoms with Gasteiger partial charge in [0, 0.05) is 6.42 Å². The average Bonchev–Trinajstić information content (AvgIpc) is 3.20. The topological polar surface area (TPSA) is 64.6 Å². The van der Waals surface area contributed by atoms with Crippen molar-refractivity contribution < 1.29 is 19.1 Å². The number of hydrogen-bond acceptors (Lipinski definition) is 4. The lowest BCUT2D eigenvalue weighted by atomic mass is 9.47. The van der Waals surface area contributed by atoms with Crippen LogP contribution in [0, 0.1) is 46.3 Å². The van der Waals surface area contributed by atoms with Crippen LogP contribution in [0.15, 0.2) is 11.6 Å². The minimum atomic E-state index is -0.730. The summed E-state index contributed by atoms with van der Waals surface area (Å²) >= 11 is 0. The highest BCUT2D eigenvalue weighted by atomic mass is 16.6. The molecule has 40 heavy (non-hydrogen) atoms. The number of hydrogen-bond donors (Lipinski definition) is 1. The zero-order chi connectivity index (χ0) is 29.5. The molecule has 228 valence electrons. The summed E-state index contributed by atoms with van der Waals surface area (Å²) in [5.74, 6) is 4.58. The number of allylic oxidation sites excluding steroid dienone is 1. The van der Waals surface area contributed by atoms with Gasteiger partial charge in [0.25, 0.3) is 0 Å². The summed E-state index contributed by atoms with van der Waals surface area (Å²) < 4.78 is 11.2. The predicted molar refractivity (Wildman–Crippen MR) is 162 cm³/mol. The minimum absolute atomic E-state index is 0.109. The molecular formula is C35H59NO4. The Kier molecular flexibility index (Phi) is 9.42. The number of nitrogens with one attached hydrogen (secondary N) is 1. The third kappa shape index (κ3) is 6.59. The van der Waals surface area contributed by atoms with Crippen LogP contribution in [-0.4, -0.2) is 29.8 Å². The Balaban J connectivity index is 1.36. The van der Waals surface area contributed by atoms with Crippen LogP contribution in [0.3, 0.4) is 0 Å². The van der Waals surface area contributed by atoms with Crippen molar-refractivity contribution in [2.24, 2.45) is 46.3 Å². The molecule has 0 radical (unpaired) electrons. The standard InChI is InChI=1S/C35H59NO4/c1-22(2)11-10-12-23(3)28-15-16-29-27-14-13-25-21-26(17-19-34(25,8)30(27)18-20-35(28,29)9)39-31(37)24(4)36-32(38)40-33(5,6)7/h13,22-24,26-30H,10-12,14-21H2,1-9H3,(H,36,38)/t23-,24+,26?,27?,28-,29?,30?,34+,35-/m1/s1. The van der Waals surface area contributed by atoms with Crippen LogP contribution in [0.5, 0.6) is 0 Å². The van der Waals surface area contributed by atoms with Crippen molar-refractivity contribution in [1.82, 2.24) is 5.32 Å². The lowest BCUT2D eigenvalue weighted by Crippen LogP contribution is -2.51. The molecule has 0 spiro atoms. The van der Waals surface area contributed by atoms with Gasteiger partial charge in [0.15, 0.2) is 0 Å². The summed E-state index contributed by atoms with van der Waals surface area (Å²) in [6.07, 6.45) is 15.6. The fraction of sp³-hybridized carbons (Fsp3) is 0.886. The number of fused-ring (bicyclic) bond motifs is 5. The van der Waals surface area contributed by atoms with Crippen LogP contribution in [0.4, 0.5) is 4.79 Å². The molecule has 1 N–H and O–H groups in total. The quantitative estimate of drug-likeness (QED) is 0.239. The van der Waals surface area contributed by atoms with Crippen LogP contribution in [0.25, 0.3) is 0 Å². The summed E-state index contributed by atoms with van der Waals surface area (Å²) in [6.45, 7) is 19.5. The molecule has 4 aliphatic rings. The van der Waals surface area contributed by atoms with Gasteiger partial charge in [-0.25, -0.2) is 9.59 Å². The Hall–Kier alpha value is -1.52. The summed E-state index contributed by atoms with van der Waals surface area (Å²) in [5.41, 5.74) is 1.65. The van der Waals surface area contributed by atoms with Gasteiger partial charge in [-0.2, -0.15) is 0 Å². The fourth-order valence-corrected chi connectivity index (χ4v) is 9.56. The molecule has 0 aromatic rings. The largest absolute Gasteiger partial charge is 0.461 e. The highest BCUT2D eigenvalue weighted by Crippen LogP contribution is 2.67. The van der Waals surface area contributed by atoms with Gasteiger partial charge in [-0.1, -0.05) is 65.5 Å². The number of ether oxygens (including phenoxy) is 2. The van der Waals surface area contributed by atoms with Gasteiger partial charge in [0.1, 0.15) is 17.7 Å². The third-order valence-corrected chi connectivity index (χ3v) is 11.6. The van der Waals surface area contributed by atoms with Gasteiger partial charge in [0.05, 0.1) is 0 Å². The van der Waals surface area contributed by atoms with Crippen molar-refractivity contribution in [1.29, 1.82) is 0 Å². The molecule has 4 rings (SSSR count). The second kappa shape index (κ2) is 12.0. The normalized spacial score (nSPS) is 37.0. The van der Waals surface area contributed by atoms with Crippen LogP contribution in [-0.2, 0) is 14.3 Å². The van der Waals surface area contributed by atoms with Crippen LogP contribution < -0.4 is 5.32 Å². The van der Waals surface area contributed by atoms with Crippen molar-refractivity contribution in [2.45, 2.75) is 151 Å². The number of carbonyl (C=O) groups is 2. The summed E-state index contributed by atoms with van der Waals surface area (Å²) in [4.78, 5) is 24.9. The van der Waals surface area contributed by atoms with Gasteiger partial charge in [0.2, 0.25) is 0 Å². The van der Waals surface area contributed by atoms with Gasteiger partial charge >= 0.3 is 12.1 Å². The van der Waals surface area contributed by atoms with E-state index in [9.17, 15) is 9.59 Å². The molecule has 4 unspecified atom stereocenters. The summed E-state index contributed by atoms with van der Waals surface area (Å²) in [6, 6.07) is -0.730. The van der Waals surface area contributed by atoms with Crippen LogP contribution in [0.2, 0.25) is 0 Å². The predicted octanol–water partition coefficient (Wildman–Crippen LogP) is 8.85. The highest BCUT2D eigenvalue weighted by Gasteiger charge is 2.59. The molecule has 0 saturated heterocycles. The smallest absolute Gasteiger partial charge is 0.408 e. The van der Waals surface area contributed by atoms with E-state index < -0.39 is 17.7 Å². The molecule has 0 bridgehead atoms. The van der Waals surface area contributed by atoms with E-state index >= 15 is 0 Å². The molecule has 0 aliphatic heterocycles. The molecule has 3 saturated carbocycles. The first-order valence-electron chi connectivity index (χ1n) is 16.5. The molecule has 0 aromatic heterocycles. The Bertz CT molecular complexity index is 950. The maximum absolute atomic E-state index is 12.8. The van der Waals surface area contributed by atoms with E-state index in [2.05, 4.69) is 46.0 Å². The van der Waals surface area contributed by atoms with E-state index in [4.69, 9.17) is 9.47 Å². The van der Waals surface area contributed by atoms with Crippen molar-refractivity contribution in [2.75, 3.05) is 0 Å². The lowest BCUT2D eigenvalue weighted by Gasteiger charge is -2.58. The third-order valence-electron chi connectivity index (χ3n) is 11.6. The first kappa shape index (κ1) is 31.4. The maximum Gasteiger partial charge on any atom is 0.408 e. The Morgan fingerprint density at radius 1 is 1.00 bits per heavy atom. The Labute approximate surface area is 245 Å². The van der Waals surface area contributed by atoms with Gasteiger partial charge < -0.3 is 14.8 Å². The van der Waals surface area contributed by atoms with Crippen LogP contribution >= 0.6 is 0 Å². The van der Waals surface area contributed by atoms with Gasteiger partial charge in [-0.05, 0) is 119 Å². The molecule has 3 fully saturated rings. The first-order valence-corrected chi connectivity index (χ1v) is 16.5. The molecule has 5 heteroatoms. The van der Waals surface area contributed by atoms with E-state index in [1.807, 2.05) is 20.8 Å². The average molecular weight is 558 g/mol. The molecule has 0 heterocycles. The van der Waals surface area contributed by atoms with E-state index in [0.29, 0.717) is 5.41 Å². The zero-order valence-corrected chi connectivity index (χ0v) is 27.1. The van der Waals surface area contributed by atoms with Crippen LogP contribution in [0.1, 0.15) is 133 Å². The van der Waals surface area contributed by atoms with E-state index in [1.165, 1.54) is 56.9 Å². The zero-order valence-electron chi connectivity index (χ0n) is 27.1.